The molecule has 19 heavy (non-hydrogen) atoms. The minimum absolute atomic E-state index is 0.121. The average molecular weight is 279 g/mol. The van der Waals surface area contributed by atoms with E-state index in [4.69, 9.17) is 10.2 Å². The maximum atomic E-state index is 9.15. The lowest BCUT2D eigenvalue weighted by Gasteiger charge is -2.36. The van der Waals surface area contributed by atoms with Crippen LogP contribution in [0.1, 0.15) is 36.1 Å². The van der Waals surface area contributed by atoms with E-state index in [1.165, 1.54) is 24.1 Å². The summed E-state index contributed by atoms with van der Waals surface area (Å²) in [6.07, 6.45) is 4.36. The van der Waals surface area contributed by atoms with Gasteiger partial charge in [0.2, 0.25) is 0 Å². The van der Waals surface area contributed by atoms with Gasteiger partial charge in [-0.2, -0.15) is 0 Å². The van der Waals surface area contributed by atoms with Crippen LogP contribution < -0.4 is 0 Å². The Balaban J connectivity index is 1.92. The number of nitrogens with zero attached hydrogens (tertiary/aromatic N) is 1. The van der Waals surface area contributed by atoms with Crippen LogP contribution in [0.3, 0.4) is 0 Å². The lowest BCUT2D eigenvalue weighted by atomic mass is 9.91. The zero-order chi connectivity index (χ0) is 13.5. The fourth-order valence-corrected chi connectivity index (χ4v) is 3.06. The zero-order valence-electron chi connectivity index (χ0n) is 11.1. The Morgan fingerprint density at radius 1 is 1.32 bits per heavy atom. The first-order valence-electron chi connectivity index (χ1n) is 6.85. The Kier molecular flexibility index (Phi) is 5.87. The van der Waals surface area contributed by atoms with Crippen molar-refractivity contribution in [3.05, 3.63) is 21.9 Å². The van der Waals surface area contributed by atoms with Crippen molar-refractivity contribution in [2.75, 3.05) is 19.8 Å². The zero-order valence-corrected chi connectivity index (χ0v) is 12.0. The molecule has 0 bridgehead atoms. The Labute approximate surface area is 118 Å². The lowest BCUT2D eigenvalue weighted by Crippen LogP contribution is -2.41. The lowest BCUT2D eigenvalue weighted by molar-refractivity contribution is 0.0955. The third-order valence-electron chi connectivity index (χ3n) is 3.46. The van der Waals surface area contributed by atoms with Crippen LogP contribution >= 0.6 is 11.3 Å². The molecule has 1 saturated carbocycles. The van der Waals surface area contributed by atoms with Crippen LogP contribution in [0, 0.1) is 11.8 Å². The second kappa shape index (κ2) is 7.66. The molecule has 1 aromatic heterocycles. The molecular weight excluding hydrogens is 258 g/mol. The number of rotatable bonds is 6. The van der Waals surface area contributed by atoms with E-state index in [0.29, 0.717) is 12.5 Å². The predicted molar refractivity (Wildman–Crippen MR) is 78.0 cm³/mol. The molecule has 0 aliphatic heterocycles. The summed E-state index contributed by atoms with van der Waals surface area (Å²) in [5, 5.41) is 19.9. The first-order valence-corrected chi connectivity index (χ1v) is 7.73. The SMILES string of the molecule is OCCC#Cc1csc(CN(CCO)C2CCC2)c1. The minimum Gasteiger partial charge on any atom is -0.395 e. The summed E-state index contributed by atoms with van der Waals surface area (Å²) < 4.78 is 0. The van der Waals surface area contributed by atoms with Crippen molar-refractivity contribution in [2.24, 2.45) is 0 Å². The van der Waals surface area contributed by atoms with Gasteiger partial charge in [-0.3, -0.25) is 4.90 Å². The van der Waals surface area contributed by atoms with Gasteiger partial charge in [0.15, 0.2) is 0 Å². The van der Waals surface area contributed by atoms with Gasteiger partial charge in [-0.05, 0) is 18.9 Å². The summed E-state index contributed by atoms with van der Waals surface area (Å²) in [6, 6.07) is 2.77. The molecule has 0 radical (unpaired) electrons. The normalized spacial score (nSPS) is 15.1. The van der Waals surface area contributed by atoms with Gasteiger partial charge in [0.25, 0.3) is 0 Å². The van der Waals surface area contributed by atoms with Crippen molar-refractivity contribution < 1.29 is 10.2 Å². The quantitative estimate of drug-likeness (QED) is 0.781. The molecule has 0 atom stereocenters. The van der Waals surface area contributed by atoms with Gasteiger partial charge < -0.3 is 10.2 Å². The molecule has 3 nitrogen and oxygen atoms in total. The molecule has 1 aliphatic rings. The number of thiophene rings is 1. The summed E-state index contributed by atoms with van der Waals surface area (Å²) in [4.78, 5) is 3.67. The van der Waals surface area contributed by atoms with E-state index in [1.54, 1.807) is 11.3 Å². The van der Waals surface area contributed by atoms with Gasteiger partial charge in [0, 0.05) is 41.4 Å². The van der Waals surface area contributed by atoms with Crippen LogP contribution in [0.2, 0.25) is 0 Å². The second-order valence-electron chi connectivity index (χ2n) is 4.86. The van der Waals surface area contributed by atoms with Crippen molar-refractivity contribution in [1.29, 1.82) is 0 Å². The summed E-state index contributed by atoms with van der Waals surface area (Å²) in [6.45, 7) is 2.02. The molecular formula is C15H21NO2S. The van der Waals surface area contributed by atoms with E-state index in [1.807, 2.05) is 0 Å². The highest BCUT2D eigenvalue weighted by Gasteiger charge is 2.24. The van der Waals surface area contributed by atoms with Gasteiger partial charge in [0.1, 0.15) is 0 Å². The first-order chi connectivity index (χ1) is 9.33. The maximum Gasteiger partial charge on any atom is 0.0558 e. The highest BCUT2D eigenvalue weighted by molar-refractivity contribution is 7.10. The summed E-state index contributed by atoms with van der Waals surface area (Å²) in [5.74, 6) is 6.00. The van der Waals surface area contributed by atoms with E-state index < -0.39 is 0 Å². The Morgan fingerprint density at radius 2 is 2.16 bits per heavy atom. The summed E-state index contributed by atoms with van der Waals surface area (Å²) in [5.41, 5.74) is 1.03. The number of hydrogen-bond donors (Lipinski definition) is 2. The summed E-state index contributed by atoms with van der Waals surface area (Å²) >= 11 is 1.73. The van der Waals surface area contributed by atoms with Crippen LogP contribution in [-0.4, -0.2) is 40.9 Å². The monoisotopic (exact) mass is 279 g/mol. The predicted octanol–water partition coefficient (Wildman–Crippen LogP) is 1.83. The highest BCUT2D eigenvalue weighted by atomic mass is 32.1. The molecule has 1 aliphatic carbocycles. The molecule has 1 heterocycles. The smallest absolute Gasteiger partial charge is 0.0558 e. The van der Waals surface area contributed by atoms with E-state index in [-0.39, 0.29) is 13.2 Å². The van der Waals surface area contributed by atoms with Crippen LogP contribution in [0.5, 0.6) is 0 Å². The molecule has 0 saturated heterocycles. The van der Waals surface area contributed by atoms with Gasteiger partial charge in [0.05, 0.1) is 13.2 Å². The van der Waals surface area contributed by atoms with Crippen LogP contribution in [-0.2, 0) is 6.54 Å². The maximum absolute atomic E-state index is 9.15. The van der Waals surface area contributed by atoms with Gasteiger partial charge in [-0.25, -0.2) is 0 Å². The van der Waals surface area contributed by atoms with Gasteiger partial charge in [-0.1, -0.05) is 18.3 Å². The standard InChI is InChI=1S/C15H21NO2S/c17-8-2-1-4-13-10-15(19-12-13)11-16(7-9-18)14-5-3-6-14/h10,12,14,17-18H,2-3,5-9,11H2. The van der Waals surface area contributed by atoms with Gasteiger partial charge >= 0.3 is 0 Å². The Bertz CT molecular complexity index is 442. The fourth-order valence-electron chi connectivity index (χ4n) is 2.22. The molecule has 0 aromatic carbocycles. The number of aliphatic hydroxyl groups excluding tert-OH is 2. The van der Waals surface area contributed by atoms with Crippen LogP contribution in [0.25, 0.3) is 0 Å². The molecule has 2 rings (SSSR count). The van der Waals surface area contributed by atoms with E-state index in [2.05, 4.69) is 28.2 Å². The topological polar surface area (TPSA) is 43.7 Å². The second-order valence-corrected chi connectivity index (χ2v) is 5.85. The molecule has 4 heteroatoms. The molecule has 1 fully saturated rings. The van der Waals surface area contributed by atoms with Gasteiger partial charge in [-0.15, -0.1) is 11.3 Å². The van der Waals surface area contributed by atoms with Crippen molar-refractivity contribution in [2.45, 2.75) is 38.3 Å². The molecule has 0 amide bonds. The number of aliphatic hydroxyl groups is 2. The molecule has 0 unspecified atom stereocenters. The number of hydrogen-bond acceptors (Lipinski definition) is 4. The van der Waals surface area contributed by atoms with Crippen molar-refractivity contribution in [3.63, 3.8) is 0 Å². The molecule has 1 aromatic rings. The molecule has 2 N–H and O–H groups in total. The molecule has 0 spiro atoms. The van der Waals surface area contributed by atoms with Crippen LogP contribution in [0.15, 0.2) is 11.4 Å². The highest BCUT2D eigenvalue weighted by Crippen LogP contribution is 2.27. The Morgan fingerprint density at radius 3 is 2.79 bits per heavy atom. The third kappa shape index (κ3) is 4.32. The largest absolute Gasteiger partial charge is 0.395 e. The van der Waals surface area contributed by atoms with E-state index in [0.717, 1.165) is 18.7 Å². The summed E-state index contributed by atoms with van der Waals surface area (Å²) in [7, 11) is 0. The van der Waals surface area contributed by atoms with E-state index in [9.17, 15) is 0 Å². The Hall–Kier alpha value is -0.860. The van der Waals surface area contributed by atoms with Crippen molar-refractivity contribution in [1.82, 2.24) is 4.90 Å². The van der Waals surface area contributed by atoms with Crippen molar-refractivity contribution >= 4 is 11.3 Å². The van der Waals surface area contributed by atoms with E-state index >= 15 is 0 Å². The minimum atomic E-state index is 0.121. The third-order valence-corrected chi connectivity index (χ3v) is 4.38. The average Bonchev–Trinajstić information content (AvgIpc) is 2.75. The molecule has 104 valence electrons. The van der Waals surface area contributed by atoms with Crippen molar-refractivity contribution in [3.8, 4) is 11.8 Å². The fraction of sp³-hybridized carbons (Fsp3) is 0.600. The first kappa shape index (κ1) is 14.5. The van der Waals surface area contributed by atoms with Crippen LogP contribution in [0.4, 0.5) is 0 Å².